The molecule has 0 fully saturated rings. The quantitative estimate of drug-likeness (QED) is 0.316. The fourth-order valence-corrected chi connectivity index (χ4v) is 2.62. The lowest BCUT2D eigenvalue weighted by atomic mass is 9.80. The molecule has 0 aromatic rings. The van der Waals surface area contributed by atoms with Crippen molar-refractivity contribution in [3.63, 3.8) is 0 Å². The second-order valence-electron chi connectivity index (χ2n) is 7.10. The molecular formula is C14H14F18N2. The molecule has 2 nitrogen and oxygen atoms in total. The van der Waals surface area contributed by atoms with Gasteiger partial charge in [-0.25, -0.2) is 0 Å². The lowest BCUT2D eigenvalue weighted by molar-refractivity contribution is -0.400. The second kappa shape index (κ2) is 9.27. The van der Waals surface area contributed by atoms with Crippen LogP contribution in [0, 0.1) is 11.8 Å². The Bertz CT molecular complexity index is 621. The van der Waals surface area contributed by atoms with Crippen molar-refractivity contribution in [3.8, 4) is 0 Å². The molecule has 2 unspecified atom stereocenters. The van der Waals surface area contributed by atoms with Gasteiger partial charge in [-0.3, -0.25) is 0 Å². The Kier molecular flexibility index (Phi) is 8.91. The van der Waals surface area contributed by atoms with Crippen molar-refractivity contribution in [1.29, 1.82) is 0 Å². The lowest BCUT2D eigenvalue weighted by Crippen LogP contribution is -2.62. The van der Waals surface area contributed by atoms with Crippen molar-refractivity contribution in [2.45, 2.75) is 60.7 Å². The molecule has 0 spiro atoms. The Morgan fingerprint density at radius 1 is 0.382 bits per heavy atom. The highest BCUT2D eigenvalue weighted by Gasteiger charge is 2.83. The standard InChI is InChI=1S/C14H14F18N2/c15-7(16,9(19,20)11(23,24)13(27,28)29)1-5(3-33)6(4-34)2-8(17,18)10(21,22)12(25,26)14(30,31)32/h5-6H,1-4,33-34H2. The Balaban J connectivity index is 6.15. The minimum absolute atomic E-state index is 1.62. The van der Waals surface area contributed by atoms with Crippen molar-refractivity contribution in [2.24, 2.45) is 23.3 Å². The van der Waals surface area contributed by atoms with Gasteiger partial charge in [0.05, 0.1) is 0 Å². The predicted molar refractivity (Wildman–Crippen MR) is 76.1 cm³/mol. The average molecular weight is 552 g/mol. The highest BCUT2D eigenvalue weighted by molar-refractivity contribution is 5.04. The molecule has 0 saturated heterocycles. The molecule has 0 rings (SSSR count). The largest absolute Gasteiger partial charge is 0.460 e. The second-order valence-corrected chi connectivity index (χ2v) is 7.10. The fourth-order valence-electron chi connectivity index (χ4n) is 2.62. The average Bonchev–Trinajstić information content (AvgIpc) is 2.61. The van der Waals surface area contributed by atoms with Crippen LogP contribution < -0.4 is 11.5 Å². The van der Waals surface area contributed by atoms with Crippen molar-refractivity contribution >= 4 is 0 Å². The van der Waals surface area contributed by atoms with Gasteiger partial charge in [0, 0.05) is 12.8 Å². The van der Waals surface area contributed by atoms with Crippen LogP contribution in [-0.4, -0.2) is 61.0 Å². The molecule has 0 amide bonds. The molecule has 0 aliphatic heterocycles. The van der Waals surface area contributed by atoms with Crippen LogP contribution in [0.1, 0.15) is 12.8 Å². The highest BCUT2D eigenvalue weighted by Crippen LogP contribution is 2.57. The first kappa shape index (κ1) is 32.7. The van der Waals surface area contributed by atoms with Crippen LogP contribution in [0.25, 0.3) is 0 Å². The van der Waals surface area contributed by atoms with E-state index >= 15 is 0 Å². The summed E-state index contributed by atoms with van der Waals surface area (Å²) in [5.74, 6) is -47.9. The summed E-state index contributed by atoms with van der Waals surface area (Å²) in [6.45, 7) is -3.25. The van der Waals surface area contributed by atoms with E-state index in [9.17, 15) is 79.0 Å². The van der Waals surface area contributed by atoms with Gasteiger partial charge < -0.3 is 11.5 Å². The Morgan fingerprint density at radius 2 is 0.588 bits per heavy atom. The molecule has 2 atom stereocenters. The number of nitrogens with two attached hydrogens (primary N) is 2. The summed E-state index contributed by atoms with van der Waals surface area (Å²) in [4.78, 5) is 0. The molecule has 0 saturated carbocycles. The molecular weight excluding hydrogens is 538 g/mol. The summed E-state index contributed by atoms with van der Waals surface area (Å²) in [6.07, 6.45) is -20.4. The van der Waals surface area contributed by atoms with Gasteiger partial charge in [0.2, 0.25) is 0 Å². The van der Waals surface area contributed by atoms with Gasteiger partial charge >= 0.3 is 47.9 Å². The van der Waals surface area contributed by atoms with Crippen molar-refractivity contribution in [3.05, 3.63) is 0 Å². The molecule has 0 aliphatic carbocycles. The first-order valence-corrected chi connectivity index (χ1v) is 8.39. The van der Waals surface area contributed by atoms with E-state index in [-0.39, 0.29) is 0 Å². The zero-order chi connectivity index (χ0) is 28.0. The maximum Gasteiger partial charge on any atom is 0.460 e. The molecule has 20 heteroatoms. The van der Waals surface area contributed by atoms with Gasteiger partial charge in [-0.2, -0.15) is 79.0 Å². The van der Waals surface area contributed by atoms with E-state index in [1.807, 2.05) is 0 Å². The van der Waals surface area contributed by atoms with E-state index < -0.39 is 85.7 Å². The SMILES string of the molecule is NCC(CC(F)(F)C(F)(F)C(F)(F)C(F)(F)F)C(CN)CC(F)(F)C(F)(F)C(F)(F)C(F)(F)F. The van der Waals surface area contributed by atoms with Crippen LogP contribution in [0.5, 0.6) is 0 Å². The topological polar surface area (TPSA) is 52.0 Å². The van der Waals surface area contributed by atoms with E-state index in [0.717, 1.165) is 0 Å². The van der Waals surface area contributed by atoms with E-state index in [0.29, 0.717) is 0 Å². The molecule has 0 heterocycles. The molecule has 34 heavy (non-hydrogen) atoms. The Morgan fingerprint density at radius 3 is 0.735 bits per heavy atom. The van der Waals surface area contributed by atoms with Gasteiger partial charge in [-0.1, -0.05) is 0 Å². The van der Waals surface area contributed by atoms with Gasteiger partial charge in [0.25, 0.3) is 0 Å². The van der Waals surface area contributed by atoms with Crippen LogP contribution in [0.2, 0.25) is 0 Å². The zero-order valence-electron chi connectivity index (χ0n) is 15.9. The minimum atomic E-state index is -7.41. The van der Waals surface area contributed by atoms with Gasteiger partial charge in [-0.05, 0) is 24.9 Å². The Labute approximate surface area is 177 Å². The summed E-state index contributed by atoms with van der Waals surface area (Å²) in [7, 11) is 0. The molecule has 0 aliphatic rings. The molecule has 4 N–H and O–H groups in total. The van der Waals surface area contributed by atoms with Gasteiger partial charge in [-0.15, -0.1) is 0 Å². The zero-order valence-corrected chi connectivity index (χ0v) is 15.9. The van der Waals surface area contributed by atoms with E-state index in [1.165, 1.54) is 0 Å². The summed E-state index contributed by atoms with van der Waals surface area (Å²) >= 11 is 0. The first-order chi connectivity index (χ1) is 14.6. The highest BCUT2D eigenvalue weighted by atomic mass is 19.4. The maximum absolute atomic E-state index is 13.7. The third-order valence-electron chi connectivity index (χ3n) is 4.73. The smallest absolute Gasteiger partial charge is 0.330 e. The van der Waals surface area contributed by atoms with Gasteiger partial charge in [0.15, 0.2) is 0 Å². The molecule has 0 aromatic heterocycles. The number of alkyl halides is 18. The summed E-state index contributed by atoms with van der Waals surface area (Å²) in [6, 6.07) is 0. The van der Waals surface area contributed by atoms with E-state index in [4.69, 9.17) is 11.5 Å². The maximum atomic E-state index is 13.7. The van der Waals surface area contributed by atoms with Crippen LogP contribution in [0.15, 0.2) is 0 Å². The molecule has 206 valence electrons. The molecule has 0 aromatic carbocycles. The minimum Gasteiger partial charge on any atom is -0.330 e. The van der Waals surface area contributed by atoms with E-state index in [2.05, 4.69) is 0 Å². The number of hydrogen-bond acceptors (Lipinski definition) is 2. The monoisotopic (exact) mass is 552 g/mol. The summed E-state index contributed by atoms with van der Waals surface area (Å²) < 4.78 is 233. The number of rotatable bonds is 11. The van der Waals surface area contributed by atoms with Gasteiger partial charge in [0.1, 0.15) is 0 Å². The fraction of sp³-hybridized carbons (Fsp3) is 1.00. The summed E-state index contributed by atoms with van der Waals surface area (Å²) in [5, 5.41) is 0. The van der Waals surface area contributed by atoms with Crippen LogP contribution >= 0.6 is 0 Å². The first-order valence-electron chi connectivity index (χ1n) is 8.39. The van der Waals surface area contributed by atoms with Crippen LogP contribution in [0.3, 0.4) is 0 Å². The third-order valence-corrected chi connectivity index (χ3v) is 4.73. The van der Waals surface area contributed by atoms with Crippen molar-refractivity contribution in [2.75, 3.05) is 13.1 Å². The van der Waals surface area contributed by atoms with Crippen LogP contribution in [-0.2, 0) is 0 Å². The lowest BCUT2D eigenvalue weighted by Gasteiger charge is -2.38. The summed E-state index contributed by atoms with van der Waals surface area (Å²) in [5.41, 5.74) is 9.55. The predicted octanol–water partition coefficient (Wildman–Crippen LogP) is 5.85. The number of hydrogen-bond donors (Lipinski definition) is 2. The Hall–Kier alpha value is -1.34. The third kappa shape index (κ3) is 5.40. The molecule has 0 bridgehead atoms. The van der Waals surface area contributed by atoms with E-state index in [1.54, 1.807) is 0 Å². The van der Waals surface area contributed by atoms with Crippen molar-refractivity contribution < 1.29 is 79.0 Å². The van der Waals surface area contributed by atoms with Crippen molar-refractivity contribution in [1.82, 2.24) is 0 Å². The molecule has 0 radical (unpaired) electrons. The van der Waals surface area contributed by atoms with Crippen LogP contribution in [0.4, 0.5) is 79.0 Å². The normalized spacial score (nSPS) is 17.6. The number of halogens is 18.